The van der Waals surface area contributed by atoms with Crippen LogP contribution in [-0.2, 0) is 11.2 Å². The number of anilines is 1. The zero-order valence-corrected chi connectivity index (χ0v) is 22.6. The van der Waals surface area contributed by atoms with Gasteiger partial charge in [-0.3, -0.25) is 14.5 Å². The van der Waals surface area contributed by atoms with Gasteiger partial charge in [0, 0.05) is 29.6 Å². The summed E-state index contributed by atoms with van der Waals surface area (Å²) in [6.45, 7) is 4.85. The smallest absolute Gasteiger partial charge is 0.269 e. The van der Waals surface area contributed by atoms with Crippen LogP contribution in [0.4, 0.5) is 11.4 Å². The van der Waals surface area contributed by atoms with Crippen LogP contribution in [0.1, 0.15) is 29.8 Å². The van der Waals surface area contributed by atoms with E-state index < -0.39 is 0 Å². The van der Waals surface area contributed by atoms with Gasteiger partial charge in [0.25, 0.3) is 5.91 Å². The number of methoxy groups -OCH3 is 1. The number of carbonyl (C=O) groups is 2. The molecule has 2 aliphatic heterocycles. The van der Waals surface area contributed by atoms with Gasteiger partial charge in [-0.25, -0.2) is 4.99 Å². The van der Waals surface area contributed by atoms with Crippen LogP contribution in [0.5, 0.6) is 5.75 Å². The summed E-state index contributed by atoms with van der Waals surface area (Å²) in [6, 6.07) is 23.3. The molecule has 0 N–H and O–H groups in total. The SMILES string of the molecule is CCN1C(=C2SC(=Nc3cccc(C(C)=O)c3)N(CCc3ccccc3)C2=O)Sc2ccc(OC)cc21. The van der Waals surface area contributed by atoms with Crippen LogP contribution in [0.2, 0.25) is 0 Å². The fraction of sp³-hybridized carbons (Fsp3) is 0.207. The van der Waals surface area contributed by atoms with E-state index in [0.717, 1.165) is 33.5 Å². The highest BCUT2D eigenvalue weighted by molar-refractivity contribution is 8.19. The summed E-state index contributed by atoms with van der Waals surface area (Å²) in [5.74, 6) is 0.713. The maximum atomic E-state index is 13.9. The molecule has 1 amide bonds. The van der Waals surface area contributed by atoms with Gasteiger partial charge in [-0.2, -0.15) is 0 Å². The number of benzene rings is 3. The summed E-state index contributed by atoms with van der Waals surface area (Å²) < 4.78 is 5.44. The lowest BCUT2D eigenvalue weighted by atomic mass is 10.1. The van der Waals surface area contributed by atoms with Crippen molar-refractivity contribution in [3.8, 4) is 5.75 Å². The lowest BCUT2D eigenvalue weighted by molar-refractivity contribution is -0.122. The highest BCUT2D eigenvalue weighted by atomic mass is 32.2. The van der Waals surface area contributed by atoms with Gasteiger partial charge in [0.05, 0.1) is 18.5 Å². The van der Waals surface area contributed by atoms with Crippen molar-refractivity contribution in [3.63, 3.8) is 0 Å². The summed E-state index contributed by atoms with van der Waals surface area (Å²) in [7, 11) is 1.66. The average Bonchev–Trinajstić information content (AvgIpc) is 3.43. The molecule has 1 saturated heterocycles. The third-order valence-electron chi connectivity index (χ3n) is 6.23. The van der Waals surface area contributed by atoms with E-state index in [1.807, 2.05) is 48.5 Å². The molecule has 0 bridgehead atoms. The quantitative estimate of drug-likeness (QED) is 0.257. The second-order valence-corrected chi connectivity index (χ2v) is 10.6. The Hall–Kier alpha value is -3.49. The number of amidine groups is 1. The second kappa shape index (κ2) is 10.9. The lowest BCUT2D eigenvalue weighted by Crippen LogP contribution is -2.32. The highest BCUT2D eigenvalue weighted by Gasteiger charge is 2.39. The minimum Gasteiger partial charge on any atom is -0.497 e. The molecule has 0 radical (unpaired) electrons. The Bertz CT molecular complexity index is 1420. The van der Waals surface area contributed by atoms with Gasteiger partial charge in [0.15, 0.2) is 11.0 Å². The third-order valence-corrected chi connectivity index (χ3v) is 8.61. The number of Topliss-reactive ketones (excluding diaryl/α,β-unsaturated/α-hetero) is 1. The standard InChI is InChI=1S/C29H27N3O3S2/c1-4-31-24-18-23(35-3)13-14-25(24)36-28(31)26-27(34)32(16-15-20-9-6-5-7-10-20)29(37-26)30-22-12-8-11-21(17-22)19(2)33/h5-14,17-18H,4,15-16H2,1-3H3. The van der Waals surface area contributed by atoms with Crippen LogP contribution in [0.15, 0.2) is 92.6 Å². The molecule has 0 saturated carbocycles. The lowest BCUT2D eigenvalue weighted by Gasteiger charge is -2.19. The largest absolute Gasteiger partial charge is 0.497 e. The van der Waals surface area contributed by atoms with Crippen LogP contribution < -0.4 is 9.64 Å². The number of amides is 1. The van der Waals surface area contributed by atoms with Crippen molar-refractivity contribution in [3.05, 3.63) is 93.9 Å². The number of hydrogen-bond acceptors (Lipinski definition) is 7. The van der Waals surface area contributed by atoms with Crippen molar-refractivity contribution in [1.82, 2.24) is 4.90 Å². The molecular weight excluding hydrogens is 502 g/mol. The molecule has 1 fully saturated rings. The Morgan fingerprint density at radius 3 is 2.51 bits per heavy atom. The van der Waals surface area contributed by atoms with E-state index in [9.17, 15) is 9.59 Å². The van der Waals surface area contributed by atoms with E-state index in [4.69, 9.17) is 9.73 Å². The Balaban J connectivity index is 1.53. The minimum atomic E-state index is -0.0527. The topological polar surface area (TPSA) is 62.2 Å². The molecule has 2 aliphatic rings. The molecule has 0 aliphatic carbocycles. The fourth-order valence-electron chi connectivity index (χ4n) is 4.28. The number of nitrogens with zero attached hydrogens (tertiary/aromatic N) is 3. The van der Waals surface area contributed by atoms with E-state index in [2.05, 4.69) is 24.0 Å². The minimum absolute atomic E-state index is 0.0184. The molecule has 0 aromatic heterocycles. The number of ether oxygens (including phenoxy) is 1. The monoisotopic (exact) mass is 529 g/mol. The number of hydrogen-bond donors (Lipinski definition) is 0. The van der Waals surface area contributed by atoms with Crippen LogP contribution >= 0.6 is 23.5 Å². The van der Waals surface area contributed by atoms with Gasteiger partial charge in [0.1, 0.15) is 15.7 Å². The van der Waals surface area contributed by atoms with E-state index in [1.165, 1.54) is 18.7 Å². The Labute approximate surface area is 225 Å². The number of ketones is 1. The molecule has 188 valence electrons. The summed E-state index contributed by atoms with van der Waals surface area (Å²) in [4.78, 5) is 36.3. The van der Waals surface area contributed by atoms with Crippen molar-refractivity contribution in [2.75, 3.05) is 25.1 Å². The number of aliphatic imine (C=N–C) groups is 1. The van der Waals surface area contributed by atoms with Crippen molar-refractivity contribution in [1.29, 1.82) is 0 Å². The Morgan fingerprint density at radius 1 is 0.973 bits per heavy atom. The molecule has 5 rings (SSSR count). The van der Waals surface area contributed by atoms with Crippen LogP contribution in [0.3, 0.4) is 0 Å². The molecule has 0 unspecified atom stereocenters. The molecule has 37 heavy (non-hydrogen) atoms. The highest BCUT2D eigenvalue weighted by Crippen LogP contribution is 2.51. The maximum Gasteiger partial charge on any atom is 0.269 e. The fourth-order valence-corrected chi connectivity index (χ4v) is 6.68. The predicted molar refractivity (Wildman–Crippen MR) is 152 cm³/mol. The molecule has 0 atom stereocenters. The number of thioether (sulfide) groups is 2. The van der Waals surface area contributed by atoms with Gasteiger partial charge in [-0.15, -0.1) is 0 Å². The zero-order chi connectivity index (χ0) is 25.9. The van der Waals surface area contributed by atoms with Gasteiger partial charge in [0.2, 0.25) is 0 Å². The first-order chi connectivity index (χ1) is 18.0. The molecule has 3 aromatic carbocycles. The molecule has 2 heterocycles. The Kier molecular flexibility index (Phi) is 7.39. The summed E-state index contributed by atoms with van der Waals surface area (Å²) >= 11 is 3.00. The van der Waals surface area contributed by atoms with E-state index in [1.54, 1.807) is 35.9 Å². The first-order valence-electron chi connectivity index (χ1n) is 12.1. The van der Waals surface area contributed by atoms with Gasteiger partial charge < -0.3 is 9.64 Å². The molecule has 6 nitrogen and oxygen atoms in total. The van der Waals surface area contributed by atoms with Crippen LogP contribution in [0.25, 0.3) is 0 Å². The van der Waals surface area contributed by atoms with Crippen molar-refractivity contribution in [2.24, 2.45) is 4.99 Å². The number of rotatable bonds is 7. The molecule has 0 spiro atoms. The predicted octanol–water partition coefficient (Wildman–Crippen LogP) is 6.50. The first-order valence-corrected chi connectivity index (χ1v) is 13.7. The zero-order valence-electron chi connectivity index (χ0n) is 20.9. The van der Waals surface area contributed by atoms with E-state index >= 15 is 0 Å². The molecule has 8 heteroatoms. The van der Waals surface area contributed by atoms with Gasteiger partial charge in [-0.1, -0.05) is 54.2 Å². The van der Waals surface area contributed by atoms with E-state index in [-0.39, 0.29) is 11.7 Å². The van der Waals surface area contributed by atoms with Gasteiger partial charge in [-0.05, 0) is 61.9 Å². The number of fused-ring (bicyclic) bond motifs is 1. The second-order valence-electron chi connectivity index (χ2n) is 8.61. The molecule has 3 aromatic rings. The first kappa shape index (κ1) is 25.2. The maximum absolute atomic E-state index is 13.9. The third kappa shape index (κ3) is 5.17. The molecular formula is C29H27N3O3S2. The van der Waals surface area contributed by atoms with Crippen molar-refractivity contribution < 1.29 is 14.3 Å². The van der Waals surface area contributed by atoms with Crippen LogP contribution in [-0.4, -0.2) is 42.0 Å². The summed E-state index contributed by atoms with van der Waals surface area (Å²) in [5, 5.41) is 1.53. The number of carbonyl (C=O) groups excluding carboxylic acids is 2. The van der Waals surface area contributed by atoms with Crippen molar-refractivity contribution in [2.45, 2.75) is 25.2 Å². The van der Waals surface area contributed by atoms with E-state index in [0.29, 0.717) is 34.3 Å². The van der Waals surface area contributed by atoms with Crippen LogP contribution in [0, 0.1) is 0 Å². The average molecular weight is 530 g/mol. The summed E-state index contributed by atoms with van der Waals surface area (Å²) in [6.07, 6.45) is 0.713. The van der Waals surface area contributed by atoms with Gasteiger partial charge >= 0.3 is 0 Å². The van der Waals surface area contributed by atoms with Crippen molar-refractivity contribution >= 4 is 51.8 Å². The summed E-state index contributed by atoms with van der Waals surface area (Å²) in [5.41, 5.74) is 3.44. The Morgan fingerprint density at radius 2 is 1.78 bits per heavy atom. The normalized spacial score (nSPS) is 18.0.